The number of hydrogen-bond donors (Lipinski definition) is 2. The van der Waals surface area contributed by atoms with E-state index >= 15 is 0 Å². The monoisotopic (exact) mass is 439 g/mol. The fraction of sp³-hybridized carbons (Fsp3) is 0.364. The lowest BCUT2D eigenvalue weighted by Crippen LogP contribution is -2.43. The average molecular weight is 439 g/mol. The number of imidazole rings is 1. The van der Waals surface area contributed by atoms with Crippen molar-refractivity contribution in [2.45, 2.75) is 38.8 Å². The van der Waals surface area contributed by atoms with Gasteiger partial charge < -0.3 is 19.8 Å². The highest BCUT2D eigenvalue weighted by atomic mass is 19.3. The number of nitrogens with zero attached hydrogens (tertiary/aromatic N) is 5. The van der Waals surface area contributed by atoms with Crippen molar-refractivity contribution in [2.24, 2.45) is 0 Å². The molecule has 0 unspecified atom stereocenters. The number of alkyl halides is 2. The van der Waals surface area contributed by atoms with E-state index < -0.39 is 6.43 Å². The first-order valence-corrected chi connectivity index (χ1v) is 10.5. The van der Waals surface area contributed by atoms with Crippen LogP contribution in [0.2, 0.25) is 0 Å². The number of piperidine rings is 1. The van der Waals surface area contributed by atoms with Crippen molar-refractivity contribution < 1.29 is 13.6 Å². The molecule has 0 aliphatic carbocycles. The summed E-state index contributed by atoms with van der Waals surface area (Å²) in [6.45, 7) is 1.96. The minimum absolute atomic E-state index is 0.102. The largest absolute Gasteiger partial charge is 0.350 e. The van der Waals surface area contributed by atoms with Crippen LogP contribution in [-0.4, -0.2) is 61.4 Å². The number of aryl methyl sites for hydroxylation is 1. The van der Waals surface area contributed by atoms with Crippen LogP contribution < -0.4 is 5.32 Å². The lowest BCUT2D eigenvalue weighted by Gasteiger charge is -2.30. The molecule has 166 valence electrons. The summed E-state index contributed by atoms with van der Waals surface area (Å²) in [4.78, 5) is 30.0. The molecule has 0 spiro atoms. The van der Waals surface area contributed by atoms with E-state index in [1.54, 1.807) is 29.6 Å². The number of hydrogen-bond acceptors (Lipinski definition) is 5. The van der Waals surface area contributed by atoms with Crippen LogP contribution in [0.1, 0.15) is 18.7 Å². The summed E-state index contributed by atoms with van der Waals surface area (Å²) >= 11 is 0. The van der Waals surface area contributed by atoms with E-state index in [-0.39, 0.29) is 18.5 Å². The number of rotatable bonds is 5. The van der Waals surface area contributed by atoms with E-state index in [4.69, 9.17) is 0 Å². The SMILES string of the molecule is Cc1nc2ccc(-c3c[nH]c4nc(N[C@H]5CCC(=O)N(C)C5)ncc34)cc2n1CC(F)F. The van der Waals surface area contributed by atoms with E-state index in [1.807, 2.05) is 24.4 Å². The second-order valence-corrected chi connectivity index (χ2v) is 8.18. The summed E-state index contributed by atoms with van der Waals surface area (Å²) in [6, 6.07) is 5.74. The van der Waals surface area contributed by atoms with Crippen molar-refractivity contribution in [3.8, 4) is 11.1 Å². The molecule has 1 aromatic carbocycles. The first-order valence-electron chi connectivity index (χ1n) is 10.5. The summed E-state index contributed by atoms with van der Waals surface area (Å²) in [7, 11) is 1.79. The Bertz CT molecular complexity index is 1310. The molecule has 1 aliphatic heterocycles. The maximum Gasteiger partial charge on any atom is 0.256 e. The van der Waals surface area contributed by atoms with Gasteiger partial charge in [-0.05, 0) is 31.0 Å². The Morgan fingerprint density at radius 1 is 1.31 bits per heavy atom. The molecule has 32 heavy (non-hydrogen) atoms. The van der Waals surface area contributed by atoms with Crippen LogP contribution in [0, 0.1) is 6.92 Å². The van der Waals surface area contributed by atoms with Gasteiger partial charge in [-0.15, -0.1) is 0 Å². The van der Waals surface area contributed by atoms with Crippen LogP contribution in [0.5, 0.6) is 0 Å². The van der Waals surface area contributed by atoms with Gasteiger partial charge in [0.25, 0.3) is 6.43 Å². The van der Waals surface area contributed by atoms with E-state index in [0.717, 1.165) is 22.9 Å². The highest BCUT2D eigenvalue weighted by Gasteiger charge is 2.23. The number of aromatic amines is 1. The third kappa shape index (κ3) is 3.65. The van der Waals surface area contributed by atoms with Gasteiger partial charge in [-0.2, -0.15) is 4.98 Å². The number of nitrogens with one attached hydrogen (secondary N) is 2. The van der Waals surface area contributed by atoms with Gasteiger partial charge in [0.15, 0.2) is 0 Å². The van der Waals surface area contributed by atoms with Gasteiger partial charge in [-0.1, -0.05) is 6.07 Å². The van der Waals surface area contributed by atoms with E-state index in [2.05, 4.69) is 25.3 Å². The molecule has 1 aliphatic rings. The van der Waals surface area contributed by atoms with Gasteiger partial charge in [-0.3, -0.25) is 4.79 Å². The quantitative estimate of drug-likeness (QED) is 0.496. The van der Waals surface area contributed by atoms with Crippen LogP contribution in [0.25, 0.3) is 33.2 Å². The standard InChI is InChI=1S/C22H23F2N7O/c1-12-27-17-5-3-13(7-18(17)31(12)11-19(23)24)15-8-25-21-16(15)9-26-22(29-21)28-14-4-6-20(32)30(2)10-14/h3,5,7-9,14,19H,4,6,10-11H2,1-2H3,(H2,25,26,28,29)/t14-/m0/s1. The van der Waals surface area contributed by atoms with Gasteiger partial charge >= 0.3 is 0 Å². The number of likely N-dealkylation sites (N-methyl/N-ethyl adjacent to an activating group) is 1. The summed E-state index contributed by atoms with van der Waals surface area (Å²) in [5.74, 6) is 1.21. The number of carbonyl (C=O) groups excluding carboxylic acids is 1. The van der Waals surface area contributed by atoms with Crippen LogP contribution in [0.15, 0.2) is 30.6 Å². The molecule has 1 amide bonds. The van der Waals surface area contributed by atoms with E-state index in [9.17, 15) is 13.6 Å². The van der Waals surface area contributed by atoms with Crippen molar-refractivity contribution in [3.05, 3.63) is 36.4 Å². The zero-order valence-corrected chi connectivity index (χ0v) is 17.8. The van der Waals surface area contributed by atoms with Gasteiger partial charge in [-0.25, -0.2) is 18.7 Å². The Morgan fingerprint density at radius 2 is 2.16 bits per heavy atom. The van der Waals surface area contributed by atoms with Crippen molar-refractivity contribution >= 4 is 33.9 Å². The van der Waals surface area contributed by atoms with Crippen LogP contribution in [0.3, 0.4) is 0 Å². The number of anilines is 1. The normalized spacial score (nSPS) is 17.1. The van der Waals surface area contributed by atoms with Crippen molar-refractivity contribution in [1.29, 1.82) is 0 Å². The van der Waals surface area contributed by atoms with Gasteiger partial charge in [0.1, 0.15) is 11.5 Å². The summed E-state index contributed by atoms with van der Waals surface area (Å²) in [5.41, 5.74) is 3.79. The van der Waals surface area contributed by atoms with Gasteiger partial charge in [0.2, 0.25) is 11.9 Å². The van der Waals surface area contributed by atoms with Crippen molar-refractivity contribution in [1.82, 2.24) is 29.4 Å². The number of H-pyrrole nitrogens is 1. The smallest absolute Gasteiger partial charge is 0.256 e. The zero-order chi connectivity index (χ0) is 22.4. The van der Waals surface area contributed by atoms with Gasteiger partial charge in [0, 0.05) is 49.4 Å². The Labute approximate surface area is 182 Å². The fourth-order valence-corrected chi connectivity index (χ4v) is 4.31. The topological polar surface area (TPSA) is 91.7 Å². The minimum Gasteiger partial charge on any atom is -0.350 e. The van der Waals surface area contributed by atoms with E-state index in [0.29, 0.717) is 41.4 Å². The molecule has 0 saturated carbocycles. The molecule has 4 heterocycles. The molecule has 0 radical (unpaired) electrons. The maximum atomic E-state index is 13.0. The summed E-state index contributed by atoms with van der Waals surface area (Å²) in [6.07, 6.45) is 2.39. The Kier molecular flexibility index (Phi) is 4.99. The molecule has 1 fully saturated rings. The van der Waals surface area contributed by atoms with Crippen molar-refractivity contribution in [3.63, 3.8) is 0 Å². The molecule has 8 nitrogen and oxygen atoms in total. The zero-order valence-electron chi connectivity index (χ0n) is 17.8. The molecular weight excluding hydrogens is 416 g/mol. The highest BCUT2D eigenvalue weighted by molar-refractivity contribution is 5.95. The number of amides is 1. The molecule has 10 heteroatoms. The lowest BCUT2D eigenvalue weighted by molar-refractivity contribution is -0.132. The predicted molar refractivity (Wildman–Crippen MR) is 118 cm³/mol. The second kappa shape index (κ2) is 7.85. The first-order chi connectivity index (χ1) is 15.4. The Balaban J connectivity index is 1.45. The number of likely N-dealkylation sites (tertiary alicyclic amines) is 1. The van der Waals surface area contributed by atoms with E-state index in [1.165, 1.54) is 0 Å². The number of benzene rings is 1. The first kappa shape index (κ1) is 20.3. The number of aromatic nitrogens is 5. The molecule has 0 bridgehead atoms. The Morgan fingerprint density at radius 3 is 2.94 bits per heavy atom. The summed E-state index contributed by atoms with van der Waals surface area (Å²) in [5, 5.41) is 4.14. The molecule has 3 aromatic heterocycles. The van der Waals surface area contributed by atoms with Crippen LogP contribution in [-0.2, 0) is 11.3 Å². The molecule has 1 saturated heterocycles. The average Bonchev–Trinajstić information content (AvgIpc) is 3.31. The second-order valence-electron chi connectivity index (χ2n) is 8.18. The van der Waals surface area contributed by atoms with Crippen LogP contribution in [0.4, 0.5) is 14.7 Å². The molecule has 1 atom stereocenters. The van der Waals surface area contributed by atoms with Gasteiger partial charge in [0.05, 0.1) is 17.6 Å². The molecular formula is C22H23F2N7O. The fourth-order valence-electron chi connectivity index (χ4n) is 4.31. The highest BCUT2D eigenvalue weighted by Crippen LogP contribution is 2.31. The third-order valence-corrected chi connectivity index (χ3v) is 5.96. The number of halogens is 2. The maximum absolute atomic E-state index is 13.0. The van der Waals surface area contributed by atoms with Crippen LogP contribution >= 0.6 is 0 Å². The predicted octanol–water partition coefficient (Wildman–Crippen LogP) is 3.58. The minimum atomic E-state index is -2.45. The Hall–Kier alpha value is -3.56. The molecule has 5 rings (SSSR count). The lowest BCUT2D eigenvalue weighted by atomic mass is 10.1. The summed E-state index contributed by atoms with van der Waals surface area (Å²) < 4.78 is 27.6. The van der Waals surface area contributed by atoms with Crippen molar-refractivity contribution in [2.75, 3.05) is 18.9 Å². The number of fused-ring (bicyclic) bond motifs is 2. The third-order valence-electron chi connectivity index (χ3n) is 5.96. The number of carbonyl (C=O) groups is 1. The molecule has 4 aromatic rings. The molecule has 2 N–H and O–H groups in total.